The van der Waals surface area contributed by atoms with E-state index >= 15 is 0 Å². The molecule has 4 rings (SSSR count). The first kappa shape index (κ1) is 28.8. The lowest BCUT2D eigenvalue weighted by molar-refractivity contribution is -0.137. The van der Waals surface area contributed by atoms with Crippen LogP contribution in [0.25, 0.3) is 0 Å². The minimum atomic E-state index is -4.57. The molecule has 2 aliphatic heterocycles. The number of amidine groups is 1. The molecule has 1 fully saturated rings. The molecule has 2 aromatic carbocycles. The minimum absolute atomic E-state index is 0.0439. The molecule has 40 heavy (non-hydrogen) atoms. The summed E-state index contributed by atoms with van der Waals surface area (Å²) in [6.07, 6.45) is -2.35. The molecule has 2 heterocycles. The third-order valence-electron chi connectivity index (χ3n) is 6.68. The Labute approximate surface area is 231 Å². The molecule has 2 aromatic rings. The Balaban J connectivity index is 1.58. The molecule has 1 amide bonds. The van der Waals surface area contributed by atoms with E-state index in [0.29, 0.717) is 36.6 Å². The van der Waals surface area contributed by atoms with Crippen molar-refractivity contribution in [2.24, 2.45) is 10.7 Å². The Morgan fingerprint density at radius 3 is 2.55 bits per heavy atom. The van der Waals surface area contributed by atoms with Gasteiger partial charge in [0.2, 0.25) is 11.6 Å². The number of ether oxygens (including phenoxy) is 2. The fourth-order valence-corrected chi connectivity index (χ4v) is 4.24. The Hall–Kier alpha value is -4.19. The van der Waals surface area contributed by atoms with E-state index in [1.807, 2.05) is 18.9 Å². The largest absolute Gasteiger partial charge is 0.454 e. The number of nitrogens with zero attached hydrogens (tertiary/aromatic N) is 3. The highest BCUT2D eigenvalue weighted by atomic mass is 19.4. The molecular formula is C28H33F3N6O3. The molecule has 9 nitrogen and oxygen atoms in total. The van der Waals surface area contributed by atoms with Crippen LogP contribution in [0.2, 0.25) is 0 Å². The second-order valence-corrected chi connectivity index (χ2v) is 9.60. The summed E-state index contributed by atoms with van der Waals surface area (Å²) >= 11 is 0. The number of amides is 1. The molecule has 12 heteroatoms. The van der Waals surface area contributed by atoms with Crippen LogP contribution in [-0.4, -0.2) is 56.9 Å². The summed E-state index contributed by atoms with van der Waals surface area (Å²) in [5.74, 6) is 0.194. The molecule has 4 N–H and O–H groups in total. The number of carbonyl (C=O) groups excluding carboxylic acids is 1. The van der Waals surface area contributed by atoms with Gasteiger partial charge in [0, 0.05) is 50.2 Å². The van der Waals surface area contributed by atoms with Gasteiger partial charge in [-0.2, -0.15) is 13.2 Å². The van der Waals surface area contributed by atoms with Crippen LogP contribution in [0.5, 0.6) is 5.75 Å². The van der Waals surface area contributed by atoms with Crippen LogP contribution in [-0.2, 0) is 10.9 Å². The number of benzene rings is 2. The third-order valence-corrected chi connectivity index (χ3v) is 6.68. The number of anilines is 2. The summed E-state index contributed by atoms with van der Waals surface area (Å²) < 4.78 is 52.6. The van der Waals surface area contributed by atoms with Gasteiger partial charge in [0.15, 0.2) is 5.84 Å². The summed E-state index contributed by atoms with van der Waals surface area (Å²) in [7, 11) is 3.55. The monoisotopic (exact) mass is 558 g/mol. The average Bonchev–Trinajstić information content (AvgIpc) is 2.93. The molecule has 0 bridgehead atoms. The number of aliphatic imine (C=N–C) groups is 1. The number of aryl methyl sites for hydroxylation is 1. The number of hydrogen-bond donors (Lipinski definition) is 3. The van der Waals surface area contributed by atoms with Crippen LogP contribution in [0, 0.1) is 6.92 Å². The number of likely N-dealkylation sites (N-methyl/N-ethyl adjacent to an activating group) is 1. The van der Waals surface area contributed by atoms with E-state index in [1.54, 1.807) is 32.2 Å². The van der Waals surface area contributed by atoms with Crippen LogP contribution >= 0.6 is 0 Å². The van der Waals surface area contributed by atoms with Gasteiger partial charge in [-0.1, -0.05) is 13.0 Å². The van der Waals surface area contributed by atoms with Crippen LogP contribution in [0.1, 0.15) is 34.8 Å². The van der Waals surface area contributed by atoms with Crippen LogP contribution < -0.4 is 26.0 Å². The molecule has 0 spiro atoms. The zero-order valence-electron chi connectivity index (χ0n) is 22.9. The van der Waals surface area contributed by atoms with E-state index < -0.39 is 17.6 Å². The van der Waals surface area contributed by atoms with Gasteiger partial charge < -0.3 is 35.6 Å². The van der Waals surface area contributed by atoms with Gasteiger partial charge in [0.1, 0.15) is 12.0 Å². The Morgan fingerprint density at radius 2 is 1.90 bits per heavy atom. The normalized spacial score (nSPS) is 18.5. The SMILES string of the molecule is CCC1=CO/C(=C(/N)Oc2cc(C(=O)Nc3cc(N4CCN(C)CC4)cc(C(F)(F)F)c3)ccc2C)C(=NC)N1. The topological polar surface area (TPSA) is 104 Å². The average molecular weight is 559 g/mol. The number of nitrogens with two attached hydrogens (primary N) is 1. The first-order valence-corrected chi connectivity index (χ1v) is 12.8. The van der Waals surface area contributed by atoms with Crippen molar-refractivity contribution in [3.63, 3.8) is 0 Å². The van der Waals surface area contributed by atoms with Crippen molar-refractivity contribution in [2.45, 2.75) is 26.4 Å². The van der Waals surface area contributed by atoms with Crippen molar-refractivity contribution in [3.8, 4) is 5.75 Å². The van der Waals surface area contributed by atoms with Crippen molar-refractivity contribution in [1.29, 1.82) is 0 Å². The van der Waals surface area contributed by atoms with Crippen molar-refractivity contribution in [1.82, 2.24) is 10.2 Å². The maximum atomic E-state index is 13.7. The first-order valence-electron chi connectivity index (χ1n) is 12.8. The van der Waals surface area contributed by atoms with E-state index in [9.17, 15) is 18.0 Å². The van der Waals surface area contributed by atoms with Gasteiger partial charge in [-0.3, -0.25) is 9.79 Å². The number of piperazine rings is 1. The molecule has 0 aliphatic carbocycles. The predicted molar refractivity (Wildman–Crippen MR) is 148 cm³/mol. The van der Waals surface area contributed by atoms with Crippen molar-refractivity contribution in [2.75, 3.05) is 50.5 Å². The van der Waals surface area contributed by atoms with Crippen molar-refractivity contribution in [3.05, 3.63) is 76.7 Å². The highest BCUT2D eigenvalue weighted by Gasteiger charge is 2.32. The molecule has 1 saturated heterocycles. The Morgan fingerprint density at radius 1 is 1.18 bits per heavy atom. The van der Waals surface area contributed by atoms with Gasteiger partial charge >= 0.3 is 6.18 Å². The highest BCUT2D eigenvalue weighted by Crippen LogP contribution is 2.35. The van der Waals surface area contributed by atoms with Crippen LogP contribution in [0.4, 0.5) is 24.5 Å². The zero-order valence-corrected chi connectivity index (χ0v) is 22.9. The second kappa shape index (κ2) is 11.9. The summed E-state index contributed by atoms with van der Waals surface area (Å²) in [5.41, 5.74) is 7.46. The Kier molecular flexibility index (Phi) is 8.58. The Bertz CT molecular complexity index is 1360. The number of rotatable bonds is 6. The third kappa shape index (κ3) is 6.68. The van der Waals surface area contributed by atoms with Crippen molar-refractivity contribution >= 4 is 23.1 Å². The van der Waals surface area contributed by atoms with Crippen LogP contribution in [0.3, 0.4) is 0 Å². The fourth-order valence-electron chi connectivity index (χ4n) is 4.24. The zero-order chi connectivity index (χ0) is 29.0. The summed E-state index contributed by atoms with van der Waals surface area (Å²) in [6, 6.07) is 8.30. The van der Waals surface area contributed by atoms with Crippen LogP contribution in [0.15, 0.2) is 65.0 Å². The van der Waals surface area contributed by atoms with E-state index in [4.69, 9.17) is 15.2 Å². The lowest BCUT2D eigenvalue weighted by Crippen LogP contribution is -2.44. The maximum Gasteiger partial charge on any atom is 0.416 e. The maximum absolute atomic E-state index is 13.7. The smallest absolute Gasteiger partial charge is 0.416 e. The molecule has 0 atom stereocenters. The lowest BCUT2D eigenvalue weighted by atomic mass is 10.1. The van der Waals surface area contributed by atoms with E-state index in [-0.39, 0.29) is 28.6 Å². The molecule has 0 unspecified atom stereocenters. The fraction of sp³-hybridized carbons (Fsp3) is 0.357. The number of allylic oxidation sites excluding steroid dienone is 1. The number of halogens is 3. The van der Waals surface area contributed by atoms with Crippen molar-refractivity contribution < 1.29 is 27.4 Å². The van der Waals surface area contributed by atoms with E-state index in [1.165, 1.54) is 12.3 Å². The molecule has 2 aliphatic rings. The first-order chi connectivity index (χ1) is 19.0. The van der Waals surface area contributed by atoms with Gasteiger partial charge in [0.25, 0.3) is 5.91 Å². The number of hydrogen-bond acceptors (Lipinski definition) is 7. The summed E-state index contributed by atoms with van der Waals surface area (Å²) in [5, 5.41) is 5.72. The number of carbonyl (C=O) groups is 1. The minimum Gasteiger partial charge on any atom is -0.454 e. The van der Waals surface area contributed by atoms with Gasteiger partial charge in [-0.15, -0.1) is 0 Å². The van der Waals surface area contributed by atoms with Gasteiger partial charge in [-0.25, -0.2) is 0 Å². The molecule has 0 radical (unpaired) electrons. The predicted octanol–water partition coefficient (Wildman–Crippen LogP) is 4.42. The summed E-state index contributed by atoms with van der Waals surface area (Å²) in [4.78, 5) is 21.3. The lowest BCUT2D eigenvalue weighted by Gasteiger charge is -2.34. The quantitative estimate of drug-likeness (QED) is 0.451. The summed E-state index contributed by atoms with van der Waals surface area (Å²) in [6.45, 7) is 6.35. The number of alkyl halides is 3. The van der Waals surface area contributed by atoms with Gasteiger partial charge in [0.05, 0.1) is 11.3 Å². The van der Waals surface area contributed by atoms with Gasteiger partial charge in [-0.05, 0) is 56.3 Å². The highest BCUT2D eigenvalue weighted by molar-refractivity contribution is 6.05. The molecular weight excluding hydrogens is 525 g/mol. The second-order valence-electron chi connectivity index (χ2n) is 9.60. The van der Waals surface area contributed by atoms with E-state index in [0.717, 1.165) is 30.9 Å². The standard InChI is InChI=1S/C28H33F3N6O3/c1-5-20-16-39-24(26(33-3)34-20)25(32)40-23-12-18(7-6-17(23)2)27(38)35-21-13-19(28(29,30)31)14-22(15-21)37-10-8-36(4)9-11-37/h6-7,12-16H,5,8-11,32H2,1-4H3,(H,33,34)(H,35,38)/b25-24-. The van der Waals surface area contributed by atoms with E-state index in [2.05, 4.69) is 20.5 Å². The number of nitrogens with one attached hydrogen (secondary N) is 2. The molecule has 0 saturated carbocycles. The molecule has 214 valence electrons. The molecule has 0 aromatic heterocycles.